The lowest BCUT2D eigenvalue weighted by atomic mass is 9.91. The van der Waals surface area contributed by atoms with Gasteiger partial charge in [-0.3, -0.25) is 14.5 Å². The number of methoxy groups -OCH3 is 1. The van der Waals surface area contributed by atoms with Gasteiger partial charge in [-0.15, -0.1) is 11.8 Å². The van der Waals surface area contributed by atoms with E-state index in [2.05, 4.69) is 5.32 Å². The average Bonchev–Trinajstić information content (AvgIpc) is 3.39. The first kappa shape index (κ1) is 28.7. The van der Waals surface area contributed by atoms with Crippen LogP contribution in [-0.4, -0.2) is 65.6 Å². The Kier molecular flexibility index (Phi) is 11.8. The van der Waals surface area contributed by atoms with Gasteiger partial charge in [0, 0.05) is 18.1 Å². The summed E-state index contributed by atoms with van der Waals surface area (Å²) in [5.74, 6) is 2.64. The molecule has 2 aliphatic rings. The maximum atomic E-state index is 13.7. The zero-order valence-electron chi connectivity index (χ0n) is 21.7. The second-order valence-electron chi connectivity index (χ2n) is 10.0. The minimum atomic E-state index is -0.805. The summed E-state index contributed by atoms with van der Waals surface area (Å²) in [4.78, 5) is 41.1. The third-order valence-electron chi connectivity index (χ3n) is 6.63. The molecular weight excluding hydrogens is 496 g/mol. The van der Waals surface area contributed by atoms with Gasteiger partial charge in [0.1, 0.15) is 17.7 Å². The molecule has 0 spiro atoms. The number of carbonyl (C=O) groups is 3. The quantitative estimate of drug-likeness (QED) is 0.377. The van der Waals surface area contributed by atoms with Crippen LogP contribution in [-0.2, 0) is 20.9 Å². The van der Waals surface area contributed by atoms with Gasteiger partial charge in [0.25, 0.3) is 0 Å². The first-order valence-corrected chi connectivity index (χ1v) is 15.2. The molecule has 1 saturated carbocycles. The summed E-state index contributed by atoms with van der Waals surface area (Å²) < 4.78 is 10.6. The third-order valence-corrected chi connectivity index (χ3v) is 8.92. The fraction of sp³-hybridized carbons (Fsp3) is 0.667. The Bertz CT molecular complexity index is 858. The summed E-state index contributed by atoms with van der Waals surface area (Å²) in [5, 5.41) is 2.96. The Morgan fingerprint density at radius 3 is 2.53 bits per heavy atom. The fourth-order valence-electron chi connectivity index (χ4n) is 4.46. The first-order chi connectivity index (χ1) is 17.4. The van der Waals surface area contributed by atoms with E-state index in [9.17, 15) is 14.4 Å². The average molecular weight is 537 g/mol. The minimum absolute atomic E-state index is 0.190. The van der Waals surface area contributed by atoms with Crippen LogP contribution in [0.25, 0.3) is 0 Å². The fourth-order valence-corrected chi connectivity index (χ4v) is 6.97. The van der Waals surface area contributed by atoms with Crippen molar-refractivity contribution in [3.8, 4) is 5.75 Å². The van der Waals surface area contributed by atoms with Crippen molar-refractivity contribution in [2.45, 2.75) is 58.5 Å². The molecule has 2 amide bonds. The van der Waals surface area contributed by atoms with Crippen LogP contribution in [0.4, 0.5) is 4.79 Å². The molecule has 2 atom stereocenters. The molecule has 1 aromatic rings. The summed E-state index contributed by atoms with van der Waals surface area (Å²) in [7, 11) is 1.61. The predicted molar refractivity (Wildman–Crippen MR) is 146 cm³/mol. The zero-order chi connectivity index (χ0) is 25.9. The van der Waals surface area contributed by atoms with Crippen molar-refractivity contribution < 1.29 is 23.9 Å². The van der Waals surface area contributed by atoms with Gasteiger partial charge in [0.05, 0.1) is 19.6 Å². The second-order valence-corrected chi connectivity index (χ2v) is 12.1. The standard InChI is InChI=1S/C27H40N2O5S2/c1-19(2)14-34-27(32)29-18-36-17-24(29)25(30)23(16-35-15-21-7-5-4-6-8-21)26(31)28-13-20-9-11-22(33-3)12-10-20/h9-12,19,21,23-24H,4-8,13-18H2,1-3H3,(H,28,31)/t23-,24+/m1/s1. The van der Waals surface area contributed by atoms with Crippen molar-refractivity contribution in [1.29, 1.82) is 0 Å². The molecule has 1 N–H and O–H groups in total. The minimum Gasteiger partial charge on any atom is -0.497 e. The highest BCUT2D eigenvalue weighted by molar-refractivity contribution is 7.99. The summed E-state index contributed by atoms with van der Waals surface area (Å²) >= 11 is 3.22. The van der Waals surface area contributed by atoms with E-state index >= 15 is 0 Å². The van der Waals surface area contributed by atoms with E-state index in [0.29, 0.717) is 36.5 Å². The lowest BCUT2D eigenvalue weighted by Gasteiger charge is -2.26. The van der Waals surface area contributed by atoms with Gasteiger partial charge < -0.3 is 14.8 Å². The number of thioether (sulfide) groups is 2. The van der Waals surface area contributed by atoms with Crippen LogP contribution in [0.5, 0.6) is 5.75 Å². The maximum Gasteiger partial charge on any atom is 0.411 e. The van der Waals surface area contributed by atoms with Gasteiger partial charge in [0.2, 0.25) is 5.91 Å². The van der Waals surface area contributed by atoms with E-state index in [1.807, 2.05) is 38.1 Å². The van der Waals surface area contributed by atoms with Crippen LogP contribution in [0.15, 0.2) is 24.3 Å². The number of hydrogen-bond acceptors (Lipinski definition) is 7. The van der Waals surface area contributed by atoms with Crippen LogP contribution in [0.3, 0.4) is 0 Å². The van der Waals surface area contributed by atoms with Crippen LogP contribution >= 0.6 is 23.5 Å². The lowest BCUT2D eigenvalue weighted by Crippen LogP contribution is -2.49. The molecule has 1 aromatic carbocycles. The summed E-state index contributed by atoms with van der Waals surface area (Å²) in [6.07, 6.45) is 5.82. The molecule has 2 fully saturated rings. The van der Waals surface area contributed by atoms with Gasteiger partial charge in [-0.2, -0.15) is 11.8 Å². The number of ether oxygens (including phenoxy) is 2. The first-order valence-electron chi connectivity index (χ1n) is 12.9. The summed E-state index contributed by atoms with van der Waals surface area (Å²) in [5.41, 5.74) is 0.931. The van der Waals surface area contributed by atoms with Crippen LogP contribution in [0, 0.1) is 17.8 Å². The van der Waals surface area contributed by atoms with Gasteiger partial charge in [0.15, 0.2) is 5.78 Å². The molecule has 0 unspecified atom stereocenters. The van der Waals surface area contributed by atoms with Gasteiger partial charge in [-0.1, -0.05) is 45.2 Å². The van der Waals surface area contributed by atoms with Crippen molar-refractivity contribution in [2.24, 2.45) is 17.8 Å². The Hall–Kier alpha value is -1.87. The van der Waals surface area contributed by atoms with E-state index in [4.69, 9.17) is 9.47 Å². The number of nitrogens with zero attached hydrogens (tertiary/aromatic N) is 1. The molecule has 1 aliphatic heterocycles. The third kappa shape index (κ3) is 8.61. The topological polar surface area (TPSA) is 84.9 Å². The number of nitrogens with one attached hydrogen (secondary N) is 1. The van der Waals surface area contributed by atoms with Crippen LogP contribution < -0.4 is 10.1 Å². The number of carbonyl (C=O) groups excluding carboxylic acids is 3. The molecule has 3 rings (SSSR count). The predicted octanol–water partition coefficient (Wildman–Crippen LogP) is 4.98. The monoisotopic (exact) mass is 536 g/mol. The largest absolute Gasteiger partial charge is 0.497 e. The molecule has 0 bridgehead atoms. The molecule has 0 radical (unpaired) electrons. The van der Waals surface area contributed by atoms with Crippen molar-refractivity contribution in [3.05, 3.63) is 29.8 Å². The molecule has 36 heavy (non-hydrogen) atoms. The molecule has 7 nitrogen and oxygen atoms in total. The van der Waals surface area contributed by atoms with E-state index in [0.717, 1.165) is 17.1 Å². The smallest absolute Gasteiger partial charge is 0.411 e. The van der Waals surface area contributed by atoms with Crippen molar-refractivity contribution >= 4 is 41.3 Å². The SMILES string of the molecule is COc1ccc(CNC(=O)[C@H](CSCC2CCCCC2)C(=O)[C@@H]2CSCN2C(=O)OCC(C)C)cc1. The molecule has 0 aromatic heterocycles. The number of amides is 2. The number of benzene rings is 1. The Balaban J connectivity index is 1.64. The van der Waals surface area contributed by atoms with E-state index in [-0.39, 0.29) is 17.6 Å². The summed E-state index contributed by atoms with van der Waals surface area (Å²) in [6, 6.07) is 6.85. The Labute approximate surface area is 223 Å². The Morgan fingerprint density at radius 1 is 1.14 bits per heavy atom. The second kappa shape index (κ2) is 14.8. The number of ketones is 1. The van der Waals surface area contributed by atoms with E-state index in [1.54, 1.807) is 18.9 Å². The summed E-state index contributed by atoms with van der Waals surface area (Å²) in [6.45, 7) is 4.59. The van der Waals surface area contributed by atoms with Gasteiger partial charge >= 0.3 is 6.09 Å². The Morgan fingerprint density at radius 2 is 1.86 bits per heavy atom. The van der Waals surface area contributed by atoms with Crippen molar-refractivity contribution in [2.75, 3.05) is 36.9 Å². The van der Waals surface area contributed by atoms with Crippen molar-refractivity contribution in [3.63, 3.8) is 0 Å². The molecule has 1 aliphatic carbocycles. The highest BCUT2D eigenvalue weighted by Crippen LogP contribution is 2.29. The number of hydrogen-bond donors (Lipinski definition) is 1. The highest BCUT2D eigenvalue weighted by atomic mass is 32.2. The zero-order valence-corrected chi connectivity index (χ0v) is 23.3. The van der Waals surface area contributed by atoms with E-state index in [1.165, 1.54) is 48.8 Å². The van der Waals surface area contributed by atoms with E-state index < -0.39 is 18.1 Å². The normalized spacial score (nSPS) is 19.2. The molecule has 9 heteroatoms. The maximum absolute atomic E-state index is 13.7. The van der Waals surface area contributed by atoms with Crippen molar-refractivity contribution in [1.82, 2.24) is 10.2 Å². The molecule has 1 saturated heterocycles. The van der Waals surface area contributed by atoms with Crippen LogP contribution in [0.2, 0.25) is 0 Å². The number of Topliss-reactive ketones (excluding diaryl/α,β-unsaturated/α-hetero) is 1. The highest BCUT2D eigenvalue weighted by Gasteiger charge is 2.41. The van der Waals surface area contributed by atoms with Gasteiger partial charge in [-0.05, 0) is 48.1 Å². The lowest BCUT2D eigenvalue weighted by molar-refractivity contribution is -0.135. The van der Waals surface area contributed by atoms with Gasteiger partial charge in [-0.25, -0.2) is 4.79 Å². The van der Waals surface area contributed by atoms with Crippen LogP contribution in [0.1, 0.15) is 51.5 Å². The number of rotatable bonds is 12. The molecule has 200 valence electrons. The molecule has 1 heterocycles. The molecular formula is C27H40N2O5S2.